The fourth-order valence-corrected chi connectivity index (χ4v) is 4.53. The van der Waals surface area contributed by atoms with Crippen LogP contribution in [0.2, 0.25) is 0 Å². The van der Waals surface area contributed by atoms with Gasteiger partial charge in [-0.1, -0.05) is 12.1 Å². The summed E-state index contributed by atoms with van der Waals surface area (Å²) in [6.45, 7) is 1.86. The van der Waals surface area contributed by atoms with E-state index in [-0.39, 0.29) is 23.1 Å². The molecular formula is C26H28F3N3O6S. The molecule has 0 amide bonds. The molecule has 1 aliphatic heterocycles. The van der Waals surface area contributed by atoms with Crippen molar-refractivity contribution in [2.45, 2.75) is 44.0 Å². The monoisotopic (exact) mass is 567 g/mol. The maximum atomic E-state index is 12.4. The van der Waals surface area contributed by atoms with E-state index in [1.807, 2.05) is 31.2 Å². The van der Waals surface area contributed by atoms with Gasteiger partial charge in [0.25, 0.3) is 5.17 Å². The van der Waals surface area contributed by atoms with Gasteiger partial charge in [-0.2, -0.15) is 0 Å². The predicted octanol–water partition coefficient (Wildman–Crippen LogP) is 4.94. The Morgan fingerprint density at radius 3 is 2.18 bits per heavy atom. The summed E-state index contributed by atoms with van der Waals surface area (Å²) >= 11 is 5.38. The zero-order valence-corrected chi connectivity index (χ0v) is 22.4. The number of hydrogen-bond acceptors (Lipinski definition) is 8. The standard InChI is InChI=1S/C26H28F3N3O6S/c1-15-21(33-2)22(34-3)23(35-4)24(36-15)37-25(39)31-17-7-5-16(6-8-17)20-13-32(14-30-20)18-9-11-19(12-10-18)38-26(27,28)29/h5-15,21-24H,1-4H3,(H,31,39)/t15-,21-,22+,23+,24-/m0/s1. The van der Waals surface area contributed by atoms with Crippen molar-refractivity contribution < 1.29 is 41.6 Å². The highest BCUT2D eigenvalue weighted by atomic mass is 32.1. The van der Waals surface area contributed by atoms with Crippen LogP contribution < -0.4 is 10.1 Å². The molecule has 13 heteroatoms. The Morgan fingerprint density at radius 1 is 0.949 bits per heavy atom. The van der Waals surface area contributed by atoms with Crippen LogP contribution in [0.5, 0.6) is 5.75 Å². The smallest absolute Gasteiger partial charge is 0.438 e. The Balaban J connectivity index is 1.37. The second-order valence-corrected chi connectivity index (χ2v) is 9.00. The molecule has 1 saturated heterocycles. The molecule has 4 rings (SSSR count). The molecule has 0 saturated carbocycles. The molecule has 0 aliphatic carbocycles. The number of nitrogens with one attached hydrogen (secondary N) is 1. The number of methoxy groups -OCH3 is 3. The Labute approximate surface area is 228 Å². The van der Waals surface area contributed by atoms with Gasteiger partial charge >= 0.3 is 6.36 Å². The fraction of sp³-hybridized carbons (Fsp3) is 0.385. The molecular weight excluding hydrogens is 539 g/mol. The average molecular weight is 568 g/mol. The molecule has 0 spiro atoms. The van der Waals surface area contributed by atoms with Gasteiger partial charge in [-0.3, -0.25) is 0 Å². The van der Waals surface area contributed by atoms with Crippen molar-refractivity contribution in [1.29, 1.82) is 0 Å². The topological polar surface area (TPSA) is 85.2 Å². The Bertz CT molecular complexity index is 1240. The molecule has 9 nitrogen and oxygen atoms in total. The zero-order valence-electron chi connectivity index (χ0n) is 21.5. The minimum Gasteiger partial charge on any atom is -0.438 e. The number of halogens is 3. The highest BCUT2D eigenvalue weighted by Gasteiger charge is 2.47. The average Bonchev–Trinajstić information content (AvgIpc) is 3.38. The second-order valence-electron chi connectivity index (χ2n) is 8.63. The van der Waals surface area contributed by atoms with Crippen LogP contribution in [0.25, 0.3) is 16.9 Å². The SMILES string of the molecule is CO[C@@H]1[C@@H](OC)[C@H](C)O[C@@H](OC(=S)Nc2ccc(-c3cn(-c4ccc(OC(F)(F)F)cc4)cn3)cc2)[C@@H]1OC. The number of ether oxygens (including phenoxy) is 6. The van der Waals surface area contributed by atoms with E-state index in [1.54, 1.807) is 31.3 Å². The number of imidazole rings is 1. The summed E-state index contributed by atoms with van der Waals surface area (Å²) in [5, 5.41) is 3.11. The van der Waals surface area contributed by atoms with Gasteiger partial charge in [-0.05, 0) is 55.5 Å². The lowest BCUT2D eigenvalue weighted by Crippen LogP contribution is -2.59. The molecule has 210 valence electrons. The normalized spacial score (nSPS) is 23.3. The first-order valence-corrected chi connectivity index (χ1v) is 12.2. The number of thiocarbonyl (C=S) groups is 1. The van der Waals surface area contributed by atoms with E-state index in [2.05, 4.69) is 15.0 Å². The largest absolute Gasteiger partial charge is 0.573 e. The van der Waals surface area contributed by atoms with Crippen LogP contribution in [0, 0.1) is 0 Å². The van der Waals surface area contributed by atoms with Gasteiger partial charge in [0.05, 0.1) is 18.1 Å². The summed E-state index contributed by atoms with van der Waals surface area (Å²) in [5.41, 5.74) is 2.80. The summed E-state index contributed by atoms with van der Waals surface area (Å²) < 4.78 is 71.2. The van der Waals surface area contributed by atoms with Crippen LogP contribution in [0.1, 0.15) is 6.92 Å². The Morgan fingerprint density at radius 2 is 1.59 bits per heavy atom. The molecule has 1 aromatic heterocycles. The molecule has 1 fully saturated rings. The van der Waals surface area contributed by atoms with Gasteiger partial charge in [-0.15, -0.1) is 13.2 Å². The number of benzene rings is 2. The quantitative estimate of drug-likeness (QED) is 0.381. The molecule has 0 radical (unpaired) electrons. The van der Waals surface area contributed by atoms with Crippen molar-refractivity contribution in [3.8, 4) is 22.7 Å². The van der Waals surface area contributed by atoms with Gasteiger partial charge < -0.3 is 38.3 Å². The first-order valence-electron chi connectivity index (χ1n) is 11.8. The van der Waals surface area contributed by atoms with E-state index < -0.39 is 24.9 Å². The number of nitrogens with zero attached hydrogens (tertiary/aromatic N) is 2. The number of aromatic nitrogens is 2. The minimum absolute atomic E-state index is 0.0925. The first-order chi connectivity index (χ1) is 18.6. The van der Waals surface area contributed by atoms with Crippen LogP contribution in [0.15, 0.2) is 61.1 Å². The van der Waals surface area contributed by atoms with Crippen LogP contribution in [-0.4, -0.2) is 73.1 Å². The van der Waals surface area contributed by atoms with Gasteiger partial charge in [0.2, 0.25) is 6.29 Å². The summed E-state index contributed by atoms with van der Waals surface area (Å²) in [6, 6.07) is 12.8. The summed E-state index contributed by atoms with van der Waals surface area (Å²) in [7, 11) is 4.69. The van der Waals surface area contributed by atoms with Gasteiger partial charge in [-0.25, -0.2) is 4.98 Å². The highest BCUT2D eigenvalue weighted by Crippen LogP contribution is 2.29. The number of rotatable bonds is 8. The number of anilines is 1. The fourth-order valence-electron chi connectivity index (χ4n) is 4.32. The van der Waals surface area contributed by atoms with Gasteiger partial charge in [0, 0.05) is 44.5 Å². The van der Waals surface area contributed by atoms with E-state index in [9.17, 15) is 13.2 Å². The molecule has 2 heterocycles. The van der Waals surface area contributed by atoms with E-state index in [1.165, 1.54) is 31.4 Å². The molecule has 1 N–H and O–H groups in total. The predicted molar refractivity (Wildman–Crippen MR) is 140 cm³/mol. The molecule has 0 unspecified atom stereocenters. The first kappa shape index (κ1) is 28.8. The van der Waals surface area contributed by atoms with E-state index in [0.29, 0.717) is 17.1 Å². The maximum absolute atomic E-state index is 12.4. The third kappa shape index (κ3) is 7.05. The van der Waals surface area contributed by atoms with Gasteiger partial charge in [0.1, 0.15) is 24.1 Å². The van der Waals surface area contributed by atoms with Crippen LogP contribution in [-0.2, 0) is 23.7 Å². The Hall–Kier alpha value is -3.23. The molecule has 39 heavy (non-hydrogen) atoms. The highest BCUT2D eigenvalue weighted by molar-refractivity contribution is 7.80. The van der Waals surface area contributed by atoms with Crippen molar-refractivity contribution >= 4 is 23.1 Å². The molecule has 3 aromatic rings. The lowest BCUT2D eigenvalue weighted by atomic mass is 9.99. The van der Waals surface area contributed by atoms with Crippen LogP contribution in [0.3, 0.4) is 0 Å². The Kier molecular flexibility index (Phi) is 9.08. The summed E-state index contributed by atoms with van der Waals surface area (Å²) in [6.07, 6.45) is -3.84. The molecule has 2 aromatic carbocycles. The number of alkyl halides is 3. The molecule has 5 atom stereocenters. The lowest BCUT2D eigenvalue weighted by Gasteiger charge is -2.43. The molecule has 0 bridgehead atoms. The van der Waals surface area contributed by atoms with Crippen LogP contribution >= 0.6 is 12.2 Å². The third-order valence-electron chi connectivity index (χ3n) is 6.15. The van der Waals surface area contributed by atoms with Crippen LogP contribution in [0.4, 0.5) is 18.9 Å². The van der Waals surface area contributed by atoms with Crippen molar-refractivity contribution in [3.05, 3.63) is 61.1 Å². The van der Waals surface area contributed by atoms with Crippen molar-refractivity contribution in [1.82, 2.24) is 9.55 Å². The van der Waals surface area contributed by atoms with E-state index in [0.717, 1.165) is 5.56 Å². The van der Waals surface area contributed by atoms with Crippen molar-refractivity contribution in [2.75, 3.05) is 26.6 Å². The minimum atomic E-state index is -4.74. The number of hydrogen-bond donors (Lipinski definition) is 1. The third-order valence-corrected chi connectivity index (χ3v) is 6.34. The van der Waals surface area contributed by atoms with Crippen molar-refractivity contribution in [2.24, 2.45) is 0 Å². The van der Waals surface area contributed by atoms with Crippen molar-refractivity contribution in [3.63, 3.8) is 0 Å². The van der Waals surface area contributed by atoms with E-state index >= 15 is 0 Å². The second kappa shape index (κ2) is 12.3. The summed E-state index contributed by atoms with van der Waals surface area (Å²) in [5.74, 6) is -0.295. The summed E-state index contributed by atoms with van der Waals surface area (Å²) in [4.78, 5) is 4.39. The zero-order chi connectivity index (χ0) is 28.2. The maximum Gasteiger partial charge on any atom is 0.573 e. The van der Waals surface area contributed by atoms with Gasteiger partial charge in [0.15, 0.2) is 0 Å². The molecule has 1 aliphatic rings. The lowest BCUT2D eigenvalue weighted by molar-refractivity contribution is -0.285. The van der Waals surface area contributed by atoms with E-state index in [4.69, 9.17) is 35.9 Å².